The Balaban J connectivity index is 2.59. The summed E-state index contributed by atoms with van der Waals surface area (Å²) in [6.45, 7) is 0.607. The third kappa shape index (κ3) is 1.44. The number of halogens is 1. The molecule has 0 spiro atoms. The summed E-state index contributed by atoms with van der Waals surface area (Å²) < 4.78 is 0.911. The summed E-state index contributed by atoms with van der Waals surface area (Å²) in [6, 6.07) is 3.71. The van der Waals surface area contributed by atoms with Crippen LogP contribution in [0.3, 0.4) is 0 Å². The molecule has 1 heterocycles. The summed E-state index contributed by atoms with van der Waals surface area (Å²) in [6.07, 6.45) is 0. The van der Waals surface area contributed by atoms with Crippen LogP contribution in [0.15, 0.2) is 12.1 Å². The number of hydrogen-bond acceptors (Lipinski definition) is 2. The van der Waals surface area contributed by atoms with E-state index in [9.17, 15) is 4.79 Å². The Hall–Kier alpha value is -0.620. The Morgan fingerprint density at radius 2 is 2.31 bits per heavy atom. The van der Waals surface area contributed by atoms with Gasteiger partial charge in [0.1, 0.15) is 0 Å². The molecular weight excluding hydrogens is 281 g/mol. The number of nitrogens with one attached hydrogen (secondary N) is 1. The van der Waals surface area contributed by atoms with E-state index < -0.39 is 0 Å². The molecule has 3 nitrogen and oxygen atoms in total. The van der Waals surface area contributed by atoms with E-state index in [0.717, 1.165) is 20.3 Å². The predicted octanol–water partition coefficient (Wildman–Crippen LogP) is 1.03. The lowest BCUT2D eigenvalue weighted by Gasteiger charge is -2.02. The van der Waals surface area contributed by atoms with E-state index in [0.29, 0.717) is 6.54 Å². The van der Waals surface area contributed by atoms with Gasteiger partial charge in [0.2, 0.25) is 0 Å². The maximum atomic E-state index is 11.3. The van der Waals surface area contributed by atoms with Crippen molar-refractivity contribution in [2.45, 2.75) is 13.2 Å². The van der Waals surface area contributed by atoms with Crippen LogP contribution in [-0.4, -0.2) is 11.0 Å². The molecule has 0 saturated carbocycles. The molecule has 1 aliphatic rings. The fourth-order valence-electron chi connectivity index (χ4n) is 1.47. The number of hydrogen-bond donors (Lipinski definition) is 2. The lowest BCUT2D eigenvalue weighted by atomic mass is 10.1. The van der Waals surface area contributed by atoms with Crippen molar-refractivity contribution in [3.8, 4) is 0 Å². The van der Waals surface area contributed by atoms with Crippen LogP contribution >= 0.6 is 22.6 Å². The second-order valence-electron chi connectivity index (χ2n) is 2.95. The van der Waals surface area contributed by atoms with E-state index in [2.05, 4.69) is 27.9 Å². The van der Waals surface area contributed by atoms with Crippen LogP contribution in [0.2, 0.25) is 0 Å². The van der Waals surface area contributed by atoms with Crippen molar-refractivity contribution >= 4 is 28.5 Å². The molecule has 2 N–H and O–H groups in total. The summed E-state index contributed by atoms with van der Waals surface area (Å²) in [7, 11) is 0. The summed E-state index contributed by atoms with van der Waals surface area (Å²) >= 11 is 2.12. The number of amides is 1. The molecule has 1 amide bonds. The first kappa shape index (κ1) is 8.96. The van der Waals surface area contributed by atoms with Crippen LogP contribution in [0.1, 0.15) is 21.5 Å². The zero-order valence-electron chi connectivity index (χ0n) is 6.80. The molecule has 0 fully saturated rings. The van der Waals surface area contributed by atoms with E-state index in [1.54, 1.807) is 0 Å². The van der Waals surface area contributed by atoms with Crippen LogP contribution < -0.4 is 5.32 Å². The Morgan fingerprint density at radius 1 is 1.54 bits per heavy atom. The maximum Gasteiger partial charge on any atom is 0.252 e. The van der Waals surface area contributed by atoms with Gasteiger partial charge >= 0.3 is 0 Å². The van der Waals surface area contributed by atoms with E-state index in [1.165, 1.54) is 0 Å². The van der Waals surface area contributed by atoms with Gasteiger partial charge in [0.05, 0.1) is 12.2 Å². The van der Waals surface area contributed by atoms with Crippen LogP contribution in [0.25, 0.3) is 0 Å². The van der Waals surface area contributed by atoms with E-state index in [4.69, 9.17) is 5.11 Å². The van der Waals surface area contributed by atoms with Gasteiger partial charge in [0, 0.05) is 10.1 Å². The van der Waals surface area contributed by atoms with Crippen LogP contribution in [0, 0.1) is 3.57 Å². The molecule has 68 valence electrons. The zero-order valence-corrected chi connectivity index (χ0v) is 8.96. The average molecular weight is 289 g/mol. The number of rotatable bonds is 1. The lowest BCUT2D eigenvalue weighted by molar-refractivity contribution is 0.0965. The molecule has 13 heavy (non-hydrogen) atoms. The largest absolute Gasteiger partial charge is 0.392 e. The summed E-state index contributed by atoms with van der Waals surface area (Å²) in [5.74, 6) is -0.0103. The van der Waals surface area contributed by atoms with Gasteiger partial charge in [0.15, 0.2) is 0 Å². The number of aliphatic hydroxyl groups is 1. The highest BCUT2D eigenvalue weighted by atomic mass is 127. The first-order valence-corrected chi connectivity index (χ1v) is 5.00. The molecule has 1 aromatic rings. The van der Waals surface area contributed by atoms with Gasteiger partial charge < -0.3 is 10.4 Å². The molecular formula is C9H8INO2. The van der Waals surface area contributed by atoms with Crippen molar-refractivity contribution in [3.05, 3.63) is 32.4 Å². The summed E-state index contributed by atoms with van der Waals surface area (Å²) in [5.41, 5.74) is 2.61. The average Bonchev–Trinajstić information content (AvgIpc) is 2.48. The molecule has 0 aliphatic carbocycles. The van der Waals surface area contributed by atoms with Gasteiger partial charge in [-0.05, 0) is 39.8 Å². The Morgan fingerprint density at radius 3 is 3.00 bits per heavy atom. The van der Waals surface area contributed by atoms with Gasteiger partial charge in [-0.15, -0.1) is 0 Å². The monoisotopic (exact) mass is 289 g/mol. The summed E-state index contributed by atoms with van der Waals surface area (Å²) in [4.78, 5) is 11.3. The quantitative estimate of drug-likeness (QED) is 0.759. The third-order valence-corrected chi connectivity index (χ3v) is 2.93. The van der Waals surface area contributed by atoms with Gasteiger partial charge in [-0.1, -0.05) is 6.07 Å². The third-order valence-electron chi connectivity index (χ3n) is 2.08. The zero-order chi connectivity index (χ0) is 9.42. The fourth-order valence-corrected chi connectivity index (χ4v) is 2.47. The number of carbonyl (C=O) groups excluding carboxylic acids is 1. The number of carbonyl (C=O) groups is 1. The normalized spacial score (nSPS) is 14.2. The maximum absolute atomic E-state index is 11.3. The molecule has 0 bridgehead atoms. The highest BCUT2D eigenvalue weighted by Crippen LogP contribution is 2.23. The molecule has 1 aromatic carbocycles. The van der Waals surface area contributed by atoms with E-state index in [-0.39, 0.29) is 12.5 Å². The molecule has 0 atom stereocenters. The van der Waals surface area contributed by atoms with Crippen molar-refractivity contribution in [3.63, 3.8) is 0 Å². The molecule has 0 aromatic heterocycles. The molecule has 1 aliphatic heterocycles. The Bertz CT molecular complexity index is 376. The van der Waals surface area contributed by atoms with Crippen molar-refractivity contribution in [2.75, 3.05) is 0 Å². The van der Waals surface area contributed by atoms with E-state index >= 15 is 0 Å². The minimum absolute atomic E-state index is 0.0103. The van der Waals surface area contributed by atoms with Gasteiger partial charge in [-0.2, -0.15) is 0 Å². The highest BCUT2D eigenvalue weighted by molar-refractivity contribution is 14.1. The van der Waals surface area contributed by atoms with Gasteiger partial charge in [-0.25, -0.2) is 0 Å². The highest BCUT2D eigenvalue weighted by Gasteiger charge is 2.21. The summed E-state index contributed by atoms with van der Waals surface area (Å²) in [5, 5.41) is 11.7. The van der Waals surface area contributed by atoms with Gasteiger partial charge in [-0.3, -0.25) is 4.79 Å². The fraction of sp³-hybridized carbons (Fsp3) is 0.222. The van der Waals surface area contributed by atoms with E-state index in [1.807, 2.05) is 12.1 Å². The lowest BCUT2D eigenvalue weighted by Crippen LogP contribution is -2.13. The number of aliphatic hydroxyl groups excluding tert-OH is 1. The minimum atomic E-state index is -0.0103. The SMILES string of the molecule is O=C1NCc2cc(CO)cc(I)c21. The molecule has 4 heteroatoms. The minimum Gasteiger partial charge on any atom is -0.392 e. The van der Waals surface area contributed by atoms with Crippen LogP contribution in [0.5, 0.6) is 0 Å². The van der Waals surface area contributed by atoms with Crippen molar-refractivity contribution in [1.82, 2.24) is 5.32 Å². The molecule has 0 radical (unpaired) electrons. The standard InChI is InChI=1S/C9H8INO2/c10-7-2-5(4-12)1-6-3-11-9(13)8(6)7/h1-2,12H,3-4H2,(H,11,13). The Kier molecular flexibility index (Phi) is 2.25. The topological polar surface area (TPSA) is 49.3 Å². The first-order chi connectivity index (χ1) is 6.22. The number of benzene rings is 1. The van der Waals surface area contributed by atoms with Crippen molar-refractivity contribution in [2.24, 2.45) is 0 Å². The molecule has 2 rings (SSSR count). The van der Waals surface area contributed by atoms with Crippen molar-refractivity contribution < 1.29 is 9.90 Å². The van der Waals surface area contributed by atoms with Gasteiger partial charge in [0.25, 0.3) is 5.91 Å². The predicted molar refractivity (Wildman–Crippen MR) is 56.3 cm³/mol. The number of fused-ring (bicyclic) bond motifs is 1. The van der Waals surface area contributed by atoms with Crippen LogP contribution in [-0.2, 0) is 13.2 Å². The molecule has 0 unspecified atom stereocenters. The second kappa shape index (κ2) is 3.26. The Labute approximate surface area is 89.3 Å². The smallest absolute Gasteiger partial charge is 0.252 e. The van der Waals surface area contributed by atoms with Crippen molar-refractivity contribution in [1.29, 1.82) is 0 Å². The first-order valence-electron chi connectivity index (χ1n) is 3.92. The molecule has 0 saturated heterocycles. The van der Waals surface area contributed by atoms with Crippen LogP contribution in [0.4, 0.5) is 0 Å². The second-order valence-corrected chi connectivity index (χ2v) is 4.11.